The number of carbonyl (C=O) groups is 2. The predicted molar refractivity (Wildman–Crippen MR) is 129 cm³/mol. The molecule has 3 aromatic heterocycles. The maximum Gasteiger partial charge on any atom is 0.491 e. The van der Waals surface area contributed by atoms with E-state index >= 15 is 0 Å². The number of nitrogens with zero attached hydrogens (tertiary/aromatic N) is 5. The zero-order valence-electron chi connectivity index (χ0n) is 20.8. The first kappa shape index (κ1) is 27.8. The molecule has 1 unspecified atom stereocenters. The minimum Gasteiger partial charge on any atom is -0.425 e. The molecule has 1 aliphatic heterocycles. The number of anilines is 2. The lowest BCUT2D eigenvalue weighted by Gasteiger charge is -2.22. The molecule has 0 aliphatic carbocycles. The standard InChI is InChI=1S/C25H18F6N6O4/c1-36-10-14(7-34-36)37(9-12-2-4-13(5-3-12)24(26,27)28)21(38)17-6-15-18(8-33-17)35-20(32)16-11-40-22(19(15)16)41-23(39)25(29,30)31/h2-8,10,22H,9,11H2,1H3,(H2,32,35). The molecule has 4 heterocycles. The molecule has 0 saturated carbocycles. The number of pyridine rings is 2. The molecule has 1 amide bonds. The molecule has 1 aromatic carbocycles. The summed E-state index contributed by atoms with van der Waals surface area (Å²) in [6.07, 6.45) is -7.57. The summed E-state index contributed by atoms with van der Waals surface area (Å²) < 4.78 is 88.8. The van der Waals surface area contributed by atoms with Gasteiger partial charge in [0.1, 0.15) is 11.5 Å². The highest BCUT2D eigenvalue weighted by atomic mass is 19.4. The summed E-state index contributed by atoms with van der Waals surface area (Å²) in [6, 6.07) is 5.46. The average Bonchev–Trinajstić information content (AvgIpc) is 3.53. The molecule has 41 heavy (non-hydrogen) atoms. The van der Waals surface area contributed by atoms with Gasteiger partial charge in [0.05, 0.1) is 42.3 Å². The van der Waals surface area contributed by atoms with Crippen molar-refractivity contribution in [1.29, 1.82) is 0 Å². The van der Waals surface area contributed by atoms with Gasteiger partial charge >= 0.3 is 18.3 Å². The van der Waals surface area contributed by atoms with Gasteiger partial charge in [0.15, 0.2) is 0 Å². The van der Waals surface area contributed by atoms with Gasteiger partial charge in [0.25, 0.3) is 5.91 Å². The molecule has 16 heteroatoms. The van der Waals surface area contributed by atoms with Crippen LogP contribution in [0.2, 0.25) is 0 Å². The monoisotopic (exact) mass is 580 g/mol. The van der Waals surface area contributed by atoms with Crippen LogP contribution < -0.4 is 10.6 Å². The molecule has 1 aliphatic rings. The first-order valence-corrected chi connectivity index (χ1v) is 11.7. The van der Waals surface area contributed by atoms with Crippen molar-refractivity contribution in [1.82, 2.24) is 19.7 Å². The molecule has 10 nitrogen and oxygen atoms in total. The Labute approximate surface area is 226 Å². The van der Waals surface area contributed by atoms with Crippen LogP contribution >= 0.6 is 0 Å². The second kappa shape index (κ2) is 10.0. The molecule has 1 atom stereocenters. The van der Waals surface area contributed by atoms with Crippen molar-refractivity contribution in [2.75, 3.05) is 10.6 Å². The molecule has 0 bridgehead atoms. The van der Waals surface area contributed by atoms with E-state index in [0.717, 1.165) is 12.1 Å². The topological polar surface area (TPSA) is 125 Å². The largest absolute Gasteiger partial charge is 0.491 e. The Morgan fingerprint density at radius 3 is 2.46 bits per heavy atom. The maximum atomic E-state index is 13.7. The second-order valence-electron chi connectivity index (χ2n) is 8.98. The van der Waals surface area contributed by atoms with Crippen molar-refractivity contribution in [3.8, 4) is 0 Å². The number of ether oxygens (including phenoxy) is 2. The van der Waals surface area contributed by atoms with Crippen LogP contribution in [0.25, 0.3) is 10.9 Å². The van der Waals surface area contributed by atoms with Gasteiger partial charge in [-0.3, -0.25) is 14.4 Å². The third kappa shape index (κ3) is 5.50. The van der Waals surface area contributed by atoms with Crippen molar-refractivity contribution >= 4 is 34.3 Å². The van der Waals surface area contributed by atoms with Crippen LogP contribution in [-0.4, -0.2) is 37.8 Å². The van der Waals surface area contributed by atoms with Gasteiger partial charge in [-0.15, -0.1) is 0 Å². The Hall–Kier alpha value is -4.73. The van der Waals surface area contributed by atoms with Crippen LogP contribution in [0.3, 0.4) is 0 Å². The molecule has 2 N–H and O–H groups in total. The predicted octanol–water partition coefficient (Wildman–Crippen LogP) is 4.45. The molecule has 5 rings (SSSR count). The number of hydrogen-bond donors (Lipinski definition) is 1. The van der Waals surface area contributed by atoms with E-state index in [4.69, 9.17) is 10.5 Å². The minimum absolute atomic E-state index is 0.0165. The number of amides is 1. The van der Waals surface area contributed by atoms with E-state index in [1.54, 1.807) is 7.05 Å². The fourth-order valence-corrected chi connectivity index (χ4v) is 4.24. The van der Waals surface area contributed by atoms with Crippen LogP contribution in [-0.2, 0) is 40.6 Å². The molecule has 214 valence electrons. The van der Waals surface area contributed by atoms with Crippen molar-refractivity contribution < 1.29 is 45.4 Å². The van der Waals surface area contributed by atoms with Gasteiger partial charge in [-0.25, -0.2) is 14.8 Å². The SMILES string of the molecule is Cn1cc(N(Cc2ccc(C(F)(F)F)cc2)C(=O)c2cc3c4c(c(N)nc3cn2)COC4OC(=O)C(F)(F)F)cn1. The Morgan fingerprint density at radius 1 is 1.15 bits per heavy atom. The number of aromatic nitrogens is 4. The Balaban J connectivity index is 1.54. The van der Waals surface area contributed by atoms with Gasteiger partial charge in [0.2, 0.25) is 6.29 Å². The average molecular weight is 580 g/mol. The Kier molecular flexibility index (Phi) is 6.81. The normalized spacial score (nSPS) is 15.1. The van der Waals surface area contributed by atoms with Crippen molar-refractivity contribution in [3.63, 3.8) is 0 Å². The summed E-state index contributed by atoms with van der Waals surface area (Å²) in [6.45, 7) is -0.476. The molecule has 0 radical (unpaired) electrons. The number of aryl methyl sites for hydroxylation is 1. The molecule has 4 aromatic rings. The smallest absolute Gasteiger partial charge is 0.425 e. The molecule has 0 spiro atoms. The number of alkyl halides is 6. The van der Waals surface area contributed by atoms with E-state index in [-0.39, 0.29) is 46.7 Å². The summed E-state index contributed by atoms with van der Waals surface area (Å²) in [5.41, 5.74) is 5.77. The fraction of sp³-hybridized carbons (Fsp3) is 0.240. The van der Waals surface area contributed by atoms with E-state index < -0.39 is 36.1 Å². The van der Waals surface area contributed by atoms with Crippen molar-refractivity contribution in [3.05, 3.63) is 76.9 Å². The number of halogens is 6. The fourth-order valence-electron chi connectivity index (χ4n) is 4.24. The second-order valence-corrected chi connectivity index (χ2v) is 8.98. The highest BCUT2D eigenvalue weighted by Gasteiger charge is 2.44. The number of nitrogen functional groups attached to an aromatic ring is 1. The van der Waals surface area contributed by atoms with Crippen LogP contribution in [0.5, 0.6) is 0 Å². The van der Waals surface area contributed by atoms with Crippen LogP contribution in [0.1, 0.15) is 39.0 Å². The summed E-state index contributed by atoms with van der Waals surface area (Å²) in [7, 11) is 1.60. The number of esters is 1. The maximum absolute atomic E-state index is 13.7. The van der Waals surface area contributed by atoms with Gasteiger partial charge in [-0.05, 0) is 23.8 Å². The first-order chi connectivity index (χ1) is 19.2. The third-order valence-electron chi connectivity index (χ3n) is 6.20. The van der Waals surface area contributed by atoms with E-state index in [1.807, 2.05) is 0 Å². The molecule has 0 fully saturated rings. The number of rotatable bonds is 5. The number of fused-ring (bicyclic) bond motifs is 3. The highest BCUT2D eigenvalue weighted by Crippen LogP contribution is 2.40. The number of nitrogens with two attached hydrogens (primary N) is 1. The highest BCUT2D eigenvalue weighted by molar-refractivity contribution is 6.06. The number of hydrogen-bond acceptors (Lipinski definition) is 8. The van der Waals surface area contributed by atoms with Gasteiger partial charge in [-0.2, -0.15) is 31.4 Å². The summed E-state index contributed by atoms with van der Waals surface area (Å²) in [4.78, 5) is 34.7. The van der Waals surface area contributed by atoms with E-state index in [2.05, 4.69) is 19.8 Å². The lowest BCUT2D eigenvalue weighted by Crippen LogP contribution is -2.31. The first-order valence-electron chi connectivity index (χ1n) is 11.7. The molecule has 0 saturated heterocycles. The minimum atomic E-state index is -5.29. The summed E-state index contributed by atoms with van der Waals surface area (Å²) >= 11 is 0. The van der Waals surface area contributed by atoms with Crippen LogP contribution in [0.4, 0.5) is 37.8 Å². The zero-order valence-corrected chi connectivity index (χ0v) is 20.8. The lowest BCUT2D eigenvalue weighted by atomic mass is 10.0. The molecular formula is C25H18F6N6O4. The van der Waals surface area contributed by atoms with E-state index in [9.17, 15) is 35.9 Å². The van der Waals surface area contributed by atoms with Gasteiger partial charge < -0.3 is 15.2 Å². The van der Waals surface area contributed by atoms with E-state index in [0.29, 0.717) is 11.3 Å². The Bertz CT molecular complexity index is 1650. The van der Waals surface area contributed by atoms with Crippen molar-refractivity contribution in [2.45, 2.75) is 31.8 Å². The Morgan fingerprint density at radius 2 is 1.85 bits per heavy atom. The summed E-state index contributed by atoms with van der Waals surface area (Å²) in [5, 5.41) is 4.14. The summed E-state index contributed by atoms with van der Waals surface area (Å²) in [5.74, 6) is -3.28. The number of carbonyl (C=O) groups excluding carboxylic acids is 2. The third-order valence-corrected chi connectivity index (χ3v) is 6.20. The van der Waals surface area contributed by atoms with Crippen LogP contribution in [0.15, 0.2) is 48.9 Å². The quantitative estimate of drug-likeness (QED) is 0.271. The van der Waals surface area contributed by atoms with Gasteiger partial charge in [-0.1, -0.05) is 12.1 Å². The van der Waals surface area contributed by atoms with Crippen LogP contribution in [0, 0.1) is 0 Å². The lowest BCUT2D eigenvalue weighted by molar-refractivity contribution is -0.225. The zero-order chi connectivity index (χ0) is 29.7. The number of benzene rings is 1. The van der Waals surface area contributed by atoms with Gasteiger partial charge in [0, 0.05) is 29.8 Å². The van der Waals surface area contributed by atoms with Crippen molar-refractivity contribution in [2.24, 2.45) is 7.05 Å². The van der Waals surface area contributed by atoms with E-state index in [1.165, 1.54) is 46.4 Å². The molecular weight excluding hydrogens is 562 g/mol.